The highest BCUT2D eigenvalue weighted by Crippen LogP contribution is 2.32. The molecule has 43 heavy (non-hydrogen) atoms. The van der Waals surface area contributed by atoms with E-state index < -0.39 is 23.1 Å². The molecule has 0 bridgehead atoms. The van der Waals surface area contributed by atoms with E-state index in [4.69, 9.17) is 4.74 Å². The molecule has 0 unspecified atom stereocenters. The fraction of sp³-hybridized carbons (Fsp3) is 0.303. The summed E-state index contributed by atoms with van der Waals surface area (Å²) in [6, 6.07) is 20.2. The SMILES string of the molecule is Cc1cc(COc2ccc(C(=O)N[C@]3(CC(=O)NO)CC[C@H](NCc4ccc(F)cc4F)CC3)cc2)c2ccccc2n1. The minimum atomic E-state index is -0.862. The van der Waals surface area contributed by atoms with Gasteiger partial charge >= 0.3 is 0 Å². The van der Waals surface area contributed by atoms with E-state index in [-0.39, 0.29) is 24.9 Å². The predicted octanol–water partition coefficient (Wildman–Crippen LogP) is 5.50. The number of amides is 2. The summed E-state index contributed by atoms with van der Waals surface area (Å²) in [6.07, 6.45) is 2.07. The highest BCUT2D eigenvalue weighted by Gasteiger charge is 2.38. The monoisotopic (exact) mass is 588 g/mol. The van der Waals surface area contributed by atoms with Crippen molar-refractivity contribution in [3.63, 3.8) is 0 Å². The van der Waals surface area contributed by atoms with E-state index in [1.54, 1.807) is 29.7 Å². The summed E-state index contributed by atoms with van der Waals surface area (Å²) < 4.78 is 33.3. The van der Waals surface area contributed by atoms with E-state index in [1.165, 1.54) is 12.1 Å². The van der Waals surface area contributed by atoms with Gasteiger partial charge in [-0.15, -0.1) is 0 Å². The van der Waals surface area contributed by atoms with Gasteiger partial charge in [0.2, 0.25) is 5.91 Å². The van der Waals surface area contributed by atoms with Crippen LogP contribution in [0.5, 0.6) is 5.75 Å². The lowest BCUT2D eigenvalue weighted by atomic mass is 9.76. The van der Waals surface area contributed by atoms with Crippen LogP contribution in [0.1, 0.15) is 59.3 Å². The minimum absolute atomic E-state index is 0.0180. The highest BCUT2D eigenvalue weighted by atomic mass is 19.1. The number of nitrogens with zero attached hydrogens (tertiary/aromatic N) is 1. The second kappa shape index (κ2) is 13.3. The number of aromatic nitrogens is 1. The Morgan fingerprint density at radius 2 is 1.74 bits per heavy atom. The number of hydrogen-bond acceptors (Lipinski definition) is 6. The van der Waals surface area contributed by atoms with Crippen LogP contribution in [0.25, 0.3) is 10.9 Å². The van der Waals surface area contributed by atoms with Gasteiger partial charge in [0.15, 0.2) is 0 Å². The molecule has 0 aliphatic heterocycles. The lowest BCUT2D eigenvalue weighted by Gasteiger charge is -2.40. The normalized spacial score (nSPS) is 18.3. The highest BCUT2D eigenvalue weighted by molar-refractivity contribution is 5.95. The Bertz CT molecular complexity index is 1600. The van der Waals surface area contributed by atoms with Gasteiger partial charge in [0, 0.05) is 52.0 Å². The van der Waals surface area contributed by atoms with Crippen LogP contribution < -0.4 is 20.9 Å². The Morgan fingerprint density at radius 1 is 1.00 bits per heavy atom. The molecule has 4 N–H and O–H groups in total. The quantitative estimate of drug-likeness (QED) is 0.144. The van der Waals surface area contributed by atoms with Crippen molar-refractivity contribution in [3.8, 4) is 5.75 Å². The lowest BCUT2D eigenvalue weighted by Crippen LogP contribution is -2.54. The van der Waals surface area contributed by atoms with Crippen molar-refractivity contribution in [1.82, 2.24) is 21.1 Å². The number of rotatable bonds is 10. The number of hydroxylamine groups is 1. The zero-order valence-corrected chi connectivity index (χ0v) is 23.8. The maximum atomic E-state index is 14.0. The molecular formula is C33H34F2N4O4. The average Bonchev–Trinajstić information content (AvgIpc) is 3.00. The van der Waals surface area contributed by atoms with Crippen molar-refractivity contribution in [3.05, 3.63) is 107 Å². The molecule has 0 atom stereocenters. The molecule has 3 aromatic carbocycles. The molecule has 10 heteroatoms. The van der Waals surface area contributed by atoms with Gasteiger partial charge in [-0.2, -0.15) is 0 Å². The van der Waals surface area contributed by atoms with Gasteiger partial charge in [0.25, 0.3) is 5.91 Å². The molecule has 1 fully saturated rings. The number of ether oxygens (including phenoxy) is 1. The van der Waals surface area contributed by atoms with Gasteiger partial charge in [0.1, 0.15) is 24.0 Å². The zero-order valence-electron chi connectivity index (χ0n) is 23.8. The summed E-state index contributed by atoms with van der Waals surface area (Å²) in [5.74, 6) is -1.57. The molecule has 4 aromatic rings. The van der Waals surface area contributed by atoms with Crippen molar-refractivity contribution >= 4 is 22.7 Å². The van der Waals surface area contributed by atoms with Crippen LogP contribution >= 0.6 is 0 Å². The Hall–Kier alpha value is -4.41. The van der Waals surface area contributed by atoms with E-state index >= 15 is 0 Å². The van der Waals surface area contributed by atoms with Crippen LogP contribution in [0, 0.1) is 18.6 Å². The summed E-state index contributed by atoms with van der Waals surface area (Å²) in [5, 5.41) is 16.5. The van der Waals surface area contributed by atoms with Crippen LogP contribution in [-0.2, 0) is 17.9 Å². The topological polar surface area (TPSA) is 113 Å². The van der Waals surface area contributed by atoms with Gasteiger partial charge in [0.05, 0.1) is 11.9 Å². The number of fused-ring (bicyclic) bond motifs is 1. The number of para-hydroxylation sites is 1. The summed E-state index contributed by atoms with van der Waals surface area (Å²) in [5.41, 5.74) is 4.41. The average molecular weight is 589 g/mol. The summed E-state index contributed by atoms with van der Waals surface area (Å²) in [7, 11) is 0. The molecule has 0 saturated heterocycles. The second-order valence-electron chi connectivity index (χ2n) is 11.1. The van der Waals surface area contributed by atoms with Crippen molar-refractivity contribution in [2.24, 2.45) is 0 Å². The third kappa shape index (κ3) is 7.52. The van der Waals surface area contributed by atoms with E-state index in [9.17, 15) is 23.6 Å². The van der Waals surface area contributed by atoms with E-state index in [2.05, 4.69) is 15.6 Å². The Kier molecular flexibility index (Phi) is 9.27. The standard InChI is InChI=1S/C33H34F2N4O4/c1-21-16-24(28-4-2-3-5-30(28)37-21)20-43-27-10-7-22(8-11-27)32(41)38-33(18-31(40)39-42)14-12-26(13-15-33)36-19-23-6-9-25(34)17-29(23)35/h2-11,16-17,26,36,42H,12-15,18-20H2,1H3,(H,38,41)(H,39,40)/t26-,33+. The number of halogens is 2. The maximum absolute atomic E-state index is 14.0. The molecule has 0 radical (unpaired) electrons. The molecule has 224 valence electrons. The number of carbonyl (C=O) groups excluding carboxylic acids is 2. The van der Waals surface area contributed by atoms with E-state index in [0.29, 0.717) is 49.2 Å². The fourth-order valence-corrected chi connectivity index (χ4v) is 5.68. The van der Waals surface area contributed by atoms with Gasteiger partial charge in [-0.25, -0.2) is 14.3 Å². The first-order chi connectivity index (χ1) is 20.7. The van der Waals surface area contributed by atoms with Crippen molar-refractivity contribution in [2.45, 2.75) is 63.8 Å². The number of pyridine rings is 1. The van der Waals surface area contributed by atoms with E-state index in [1.807, 2.05) is 37.3 Å². The second-order valence-corrected chi connectivity index (χ2v) is 11.1. The molecule has 0 spiro atoms. The molecule has 1 aliphatic carbocycles. The lowest BCUT2D eigenvalue weighted by molar-refractivity contribution is -0.131. The first kappa shape index (κ1) is 30.1. The Labute approximate surface area is 248 Å². The van der Waals surface area contributed by atoms with Crippen molar-refractivity contribution < 1.29 is 28.3 Å². The van der Waals surface area contributed by atoms with Gasteiger partial charge in [-0.3, -0.25) is 19.8 Å². The smallest absolute Gasteiger partial charge is 0.251 e. The largest absolute Gasteiger partial charge is 0.489 e. The van der Waals surface area contributed by atoms with Crippen LogP contribution in [0.2, 0.25) is 0 Å². The van der Waals surface area contributed by atoms with Crippen molar-refractivity contribution in [1.29, 1.82) is 0 Å². The molecule has 8 nitrogen and oxygen atoms in total. The minimum Gasteiger partial charge on any atom is -0.489 e. The molecule has 1 aliphatic rings. The summed E-state index contributed by atoms with van der Waals surface area (Å²) >= 11 is 0. The van der Waals surface area contributed by atoms with Crippen molar-refractivity contribution in [2.75, 3.05) is 0 Å². The van der Waals surface area contributed by atoms with Crippen LogP contribution in [0.15, 0.2) is 72.8 Å². The number of benzene rings is 3. The molecular weight excluding hydrogens is 554 g/mol. The number of aryl methyl sites for hydroxylation is 1. The van der Waals surface area contributed by atoms with Crippen LogP contribution in [0.3, 0.4) is 0 Å². The van der Waals surface area contributed by atoms with Crippen LogP contribution in [-0.4, -0.2) is 33.6 Å². The maximum Gasteiger partial charge on any atom is 0.251 e. The third-order valence-electron chi connectivity index (χ3n) is 7.98. The Morgan fingerprint density at radius 3 is 2.47 bits per heavy atom. The Balaban J connectivity index is 1.20. The first-order valence-corrected chi connectivity index (χ1v) is 14.2. The molecule has 1 saturated carbocycles. The third-order valence-corrected chi connectivity index (χ3v) is 7.98. The van der Waals surface area contributed by atoms with Gasteiger partial charge < -0.3 is 15.4 Å². The number of hydrogen-bond donors (Lipinski definition) is 4. The summed E-state index contributed by atoms with van der Waals surface area (Å²) in [4.78, 5) is 30.0. The number of nitrogens with one attached hydrogen (secondary N) is 3. The fourth-order valence-electron chi connectivity index (χ4n) is 5.68. The van der Waals surface area contributed by atoms with E-state index in [0.717, 1.165) is 28.2 Å². The van der Waals surface area contributed by atoms with Gasteiger partial charge in [-0.05, 0) is 75.1 Å². The first-order valence-electron chi connectivity index (χ1n) is 14.2. The predicted molar refractivity (Wildman–Crippen MR) is 157 cm³/mol. The molecule has 1 heterocycles. The zero-order chi connectivity index (χ0) is 30.4. The van der Waals surface area contributed by atoms with Crippen LogP contribution in [0.4, 0.5) is 8.78 Å². The molecule has 5 rings (SSSR count). The summed E-state index contributed by atoms with van der Waals surface area (Å²) in [6.45, 7) is 2.52. The molecule has 1 aromatic heterocycles. The molecule has 2 amide bonds. The van der Waals surface area contributed by atoms with Gasteiger partial charge in [-0.1, -0.05) is 24.3 Å². The number of carbonyl (C=O) groups is 2.